The molecule has 30 heavy (non-hydrogen) atoms. The van der Waals surface area contributed by atoms with Gasteiger partial charge in [0, 0.05) is 10.0 Å². The molecule has 0 bridgehead atoms. The molecule has 0 aliphatic carbocycles. The van der Waals surface area contributed by atoms with Crippen molar-refractivity contribution in [2.45, 2.75) is 0 Å². The number of rotatable bonds is 3. The minimum atomic E-state index is -0.541. The van der Waals surface area contributed by atoms with Crippen LogP contribution in [0, 0.1) is 0 Å². The van der Waals surface area contributed by atoms with Crippen molar-refractivity contribution in [3.05, 3.63) is 94.0 Å². The Balaban J connectivity index is 1.77. The smallest absolute Gasteiger partial charge is 0.270 e. The Morgan fingerprint density at radius 1 is 0.833 bits per heavy atom. The van der Waals surface area contributed by atoms with E-state index in [0.29, 0.717) is 15.7 Å². The van der Waals surface area contributed by atoms with E-state index in [4.69, 9.17) is 35.4 Å². The van der Waals surface area contributed by atoms with E-state index in [-0.39, 0.29) is 10.7 Å². The molecule has 1 aliphatic heterocycles. The number of amides is 2. The van der Waals surface area contributed by atoms with E-state index < -0.39 is 11.8 Å². The standard InChI is InChI=1S/C23H14Cl2N2O2S/c24-16-7-5-14(6-8-16)19-4-2-1-3-15(19)13-20-21(28)26-23(30)27(22(20)29)18-11-9-17(25)10-12-18/h1-13H,(H,26,28,30)/b20-13-. The van der Waals surface area contributed by atoms with Crippen LogP contribution in [0.15, 0.2) is 78.4 Å². The monoisotopic (exact) mass is 452 g/mol. The minimum Gasteiger partial charge on any atom is -0.298 e. The van der Waals surface area contributed by atoms with Crippen LogP contribution in [0.25, 0.3) is 17.2 Å². The highest BCUT2D eigenvalue weighted by Crippen LogP contribution is 2.29. The Labute approximate surface area is 188 Å². The SMILES string of the molecule is O=C1NC(=S)N(c2ccc(Cl)cc2)C(=O)/C1=C\c1ccccc1-c1ccc(Cl)cc1. The first-order valence-corrected chi connectivity index (χ1v) is 10.1. The quantitative estimate of drug-likeness (QED) is 0.324. The molecule has 4 nitrogen and oxygen atoms in total. The predicted molar refractivity (Wildman–Crippen MR) is 125 cm³/mol. The Bertz CT molecular complexity index is 1190. The van der Waals surface area contributed by atoms with Gasteiger partial charge in [0.25, 0.3) is 11.8 Å². The lowest BCUT2D eigenvalue weighted by molar-refractivity contribution is -0.122. The van der Waals surface area contributed by atoms with Crippen molar-refractivity contribution in [1.29, 1.82) is 0 Å². The van der Waals surface area contributed by atoms with Gasteiger partial charge in [-0.2, -0.15) is 0 Å². The van der Waals surface area contributed by atoms with Gasteiger partial charge in [0.1, 0.15) is 5.57 Å². The van der Waals surface area contributed by atoms with Gasteiger partial charge in [-0.1, -0.05) is 59.6 Å². The summed E-state index contributed by atoms with van der Waals surface area (Å²) in [4.78, 5) is 27.1. The lowest BCUT2D eigenvalue weighted by Gasteiger charge is -2.29. The van der Waals surface area contributed by atoms with Gasteiger partial charge < -0.3 is 0 Å². The van der Waals surface area contributed by atoms with E-state index >= 15 is 0 Å². The molecule has 0 radical (unpaired) electrons. The molecule has 4 rings (SSSR count). The zero-order chi connectivity index (χ0) is 21.3. The molecular weight excluding hydrogens is 439 g/mol. The lowest BCUT2D eigenvalue weighted by atomic mass is 9.97. The number of carbonyl (C=O) groups excluding carboxylic acids is 2. The maximum atomic E-state index is 13.2. The number of nitrogens with zero attached hydrogens (tertiary/aromatic N) is 1. The summed E-state index contributed by atoms with van der Waals surface area (Å²) < 4.78 is 0. The third-order valence-corrected chi connectivity index (χ3v) is 5.39. The summed E-state index contributed by atoms with van der Waals surface area (Å²) in [6.07, 6.45) is 1.58. The normalized spacial score (nSPS) is 15.5. The number of halogens is 2. The Hall–Kier alpha value is -2.99. The highest BCUT2D eigenvalue weighted by atomic mass is 35.5. The average molecular weight is 453 g/mol. The van der Waals surface area contributed by atoms with Crippen molar-refractivity contribution in [3.8, 4) is 11.1 Å². The minimum absolute atomic E-state index is 0.0139. The third kappa shape index (κ3) is 4.00. The Morgan fingerprint density at radius 2 is 1.43 bits per heavy atom. The number of benzene rings is 3. The fourth-order valence-corrected chi connectivity index (χ4v) is 3.69. The summed E-state index contributed by atoms with van der Waals surface area (Å²) in [6.45, 7) is 0. The predicted octanol–water partition coefficient (Wildman–Crippen LogP) is 5.49. The van der Waals surface area contributed by atoms with Gasteiger partial charge in [0.15, 0.2) is 5.11 Å². The summed E-state index contributed by atoms with van der Waals surface area (Å²) in [6, 6.07) is 21.5. The molecule has 7 heteroatoms. The molecule has 1 saturated heterocycles. The fourth-order valence-electron chi connectivity index (χ4n) is 3.15. The van der Waals surface area contributed by atoms with Gasteiger partial charge in [-0.05, 0) is 71.4 Å². The topological polar surface area (TPSA) is 49.4 Å². The second-order valence-corrected chi connectivity index (χ2v) is 7.79. The number of anilines is 1. The largest absolute Gasteiger partial charge is 0.298 e. The number of hydrogen-bond acceptors (Lipinski definition) is 3. The molecule has 1 heterocycles. The number of hydrogen-bond donors (Lipinski definition) is 1. The van der Waals surface area contributed by atoms with Gasteiger partial charge in [-0.15, -0.1) is 0 Å². The maximum absolute atomic E-state index is 13.2. The summed E-state index contributed by atoms with van der Waals surface area (Å²) in [7, 11) is 0. The van der Waals surface area contributed by atoms with Crippen LogP contribution in [-0.4, -0.2) is 16.9 Å². The fraction of sp³-hybridized carbons (Fsp3) is 0. The number of carbonyl (C=O) groups is 2. The zero-order valence-electron chi connectivity index (χ0n) is 15.4. The highest BCUT2D eigenvalue weighted by molar-refractivity contribution is 7.80. The summed E-state index contributed by atoms with van der Waals surface area (Å²) in [5.41, 5.74) is 3.02. The third-order valence-electron chi connectivity index (χ3n) is 4.60. The molecule has 0 atom stereocenters. The van der Waals surface area contributed by atoms with Crippen molar-refractivity contribution < 1.29 is 9.59 Å². The van der Waals surface area contributed by atoms with Gasteiger partial charge in [-0.3, -0.25) is 19.8 Å². The van der Waals surface area contributed by atoms with Gasteiger partial charge in [0.05, 0.1) is 5.69 Å². The van der Waals surface area contributed by atoms with E-state index in [1.807, 2.05) is 36.4 Å². The van der Waals surface area contributed by atoms with E-state index in [1.165, 1.54) is 4.90 Å². The van der Waals surface area contributed by atoms with Crippen LogP contribution in [0.3, 0.4) is 0 Å². The maximum Gasteiger partial charge on any atom is 0.270 e. The van der Waals surface area contributed by atoms with Gasteiger partial charge in [-0.25, -0.2) is 0 Å². The van der Waals surface area contributed by atoms with Gasteiger partial charge >= 0.3 is 0 Å². The molecular formula is C23H14Cl2N2O2S. The second-order valence-electron chi connectivity index (χ2n) is 6.53. The van der Waals surface area contributed by atoms with Crippen molar-refractivity contribution >= 4 is 64.1 Å². The highest BCUT2D eigenvalue weighted by Gasteiger charge is 2.34. The average Bonchev–Trinajstić information content (AvgIpc) is 2.73. The van der Waals surface area contributed by atoms with Crippen molar-refractivity contribution in [3.63, 3.8) is 0 Å². The van der Waals surface area contributed by atoms with Crippen LogP contribution in [0.1, 0.15) is 5.56 Å². The van der Waals surface area contributed by atoms with Crippen LogP contribution in [-0.2, 0) is 9.59 Å². The van der Waals surface area contributed by atoms with Gasteiger partial charge in [0.2, 0.25) is 0 Å². The van der Waals surface area contributed by atoms with Crippen LogP contribution in [0.2, 0.25) is 10.0 Å². The lowest BCUT2D eigenvalue weighted by Crippen LogP contribution is -2.54. The molecule has 1 N–H and O–H groups in total. The molecule has 0 aromatic heterocycles. The molecule has 3 aromatic carbocycles. The van der Waals surface area contributed by atoms with Crippen LogP contribution >= 0.6 is 35.4 Å². The zero-order valence-corrected chi connectivity index (χ0v) is 17.8. The first-order chi connectivity index (χ1) is 14.4. The molecule has 2 amide bonds. The summed E-state index contributed by atoms with van der Waals surface area (Å²) in [5.74, 6) is -1.04. The van der Waals surface area contributed by atoms with Crippen molar-refractivity contribution in [1.82, 2.24) is 5.32 Å². The molecule has 1 aliphatic rings. The van der Waals surface area contributed by atoms with Crippen molar-refractivity contribution in [2.75, 3.05) is 4.90 Å². The molecule has 3 aromatic rings. The first kappa shape index (κ1) is 20.3. The molecule has 0 saturated carbocycles. The van der Waals surface area contributed by atoms with E-state index in [2.05, 4.69) is 5.32 Å². The second kappa shape index (κ2) is 8.40. The Morgan fingerprint density at radius 3 is 2.10 bits per heavy atom. The molecule has 0 unspecified atom stereocenters. The Kier molecular flexibility index (Phi) is 5.68. The number of nitrogens with one attached hydrogen (secondary N) is 1. The van der Waals surface area contributed by atoms with E-state index in [0.717, 1.165) is 16.7 Å². The van der Waals surface area contributed by atoms with E-state index in [9.17, 15) is 9.59 Å². The number of thiocarbonyl (C=S) groups is 1. The van der Waals surface area contributed by atoms with Crippen LogP contribution < -0.4 is 10.2 Å². The summed E-state index contributed by atoms with van der Waals surface area (Å²) >= 11 is 17.2. The molecule has 148 valence electrons. The first-order valence-electron chi connectivity index (χ1n) is 8.96. The van der Waals surface area contributed by atoms with E-state index in [1.54, 1.807) is 42.5 Å². The molecule has 1 fully saturated rings. The molecule has 0 spiro atoms. The van der Waals surface area contributed by atoms with Crippen LogP contribution in [0.4, 0.5) is 5.69 Å². The summed E-state index contributed by atoms with van der Waals surface area (Å²) in [5, 5.41) is 3.77. The van der Waals surface area contributed by atoms with Crippen molar-refractivity contribution in [2.24, 2.45) is 0 Å². The van der Waals surface area contributed by atoms with Crippen LogP contribution in [0.5, 0.6) is 0 Å².